The molecular weight excluding hydrogens is 1060 g/mol. The highest BCUT2D eigenvalue weighted by molar-refractivity contribution is 6.03. The second-order valence-corrected chi connectivity index (χ2v) is 19.2. The average Bonchev–Trinajstić information content (AvgIpc) is 3.64. The quantitative estimate of drug-likeness (QED) is 0.0213. The van der Waals surface area contributed by atoms with Crippen LogP contribution in [-0.2, 0) is 51.5 Å². The maximum absolute atomic E-state index is 14.8. The fourth-order valence-electron chi connectivity index (χ4n) is 9.64. The number of amides is 2. The number of rotatable bonds is 18. The van der Waals surface area contributed by atoms with Crippen molar-refractivity contribution in [3.8, 4) is 34.1 Å². The first-order chi connectivity index (χ1) is 39.2. The molecule has 0 unspecified atom stereocenters. The minimum Gasteiger partial charge on any atom is -0.489 e. The third kappa shape index (κ3) is 13.8. The molecule has 6 aromatic carbocycles. The van der Waals surface area contributed by atoms with E-state index < -0.39 is 85.6 Å². The maximum Gasteiger partial charge on any atom is 0.343 e. The molecule has 2 heterocycles. The number of nitrogens with two attached hydrogens (primary N) is 3. The van der Waals surface area contributed by atoms with Crippen molar-refractivity contribution >= 4 is 65.1 Å². The maximum atomic E-state index is 14.8. The molecule has 0 spiro atoms. The number of carboxylic acid groups (broad SMARTS) is 4. The van der Waals surface area contributed by atoms with Gasteiger partial charge >= 0.3 is 35.8 Å². The van der Waals surface area contributed by atoms with Crippen LogP contribution in [0.4, 0.5) is 5.69 Å². The highest BCUT2D eigenvalue weighted by Crippen LogP contribution is 2.38. The Bertz CT molecular complexity index is 3580. The number of hydrogen-bond donors (Lipinski definition) is 8. The highest BCUT2D eigenvalue weighted by Gasteiger charge is 2.37. The van der Waals surface area contributed by atoms with E-state index in [1.807, 2.05) is 0 Å². The van der Waals surface area contributed by atoms with Crippen molar-refractivity contribution in [2.75, 3.05) is 13.2 Å². The van der Waals surface area contributed by atoms with E-state index in [-0.39, 0.29) is 76.7 Å². The first-order valence-electron chi connectivity index (χ1n) is 25.6. The predicted molar refractivity (Wildman–Crippen MR) is 293 cm³/mol. The summed E-state index contributed by atoms with van der Waals surface area (Å²) in [6.07, 6.45) is -0.544. The topological polar surface area (TPSA) is 375 Å². The molecule has 2 atom stereocenters. The standard InChI is InChI=1S/C59H55N7O16/c60-48(61)26-32-17-19-40-37(23-32)11-5-21-79-51-42(13-3-15-46(51)81-57(40)77)53(71)65(44(55(73)74)28-49(67)68)30-33-7-1-9-35(24-33)36-10-2-8-34(25-36)31-66(45(56(75)76)29-50(69)70)54(72)43-14-4-16-47-52(43)80-22-6-12-38-27-39(64-59(62)63)18-20-41(38)58(78)82-47/h1-4,7-10,13-20,23-25,27,44-45H,5-6,11-12,21-22,26,28-31H2,(H3,60,61)(H,67,68)(H,69,70)(H,73,74)(H,75,76)(H4,62,63,64)/t44-,45-/m0/s1. The number of nitrogens with one attached hydrogen (secondary N) is 1. The number of hydrogen-bond acceptors (Lipinski definition) is 14. The van der Waals surface area contributed by atoms with Crippen molar-refractivity contribution in [1.82, 2.24) is 9.80 Å². The number of esters is 2. The average molecular weight is 1120 g/mol. The number of ether oxygens (including phenoxy) is 4. The van der Waals surface area contributed by atoms with Gasteiger partial charge in [-0.3, -0.25) is 24.6 Å². The van der Waals surface area contributed by atoms with E-state index in [1.165, 1.54) is 48.5 Å². The van der Waals surface area contributed by atoms with Crippen molar-refractivity contribution < 1.29 is 77.7 Å². The number of carboxylic acids is 4. The molecule has 2 amide bonds. The second-order valence-electron chi connectivity index (χ2n) is 19.2. The molecule has 6 aromatic rings. The Hall–Kier alpha value is -10.6. The number of amidine groups is 1. The predicted octanol–water partition coefficient (Wildman–Crippen LogP) is 5.97. The van der Waals surface area contributed by atoms with E-state index in [0.717, 1.165) is 9.80 Å². The van der Waals surface area contributed by atoms with Crippen LogP contribution in [0.2, 0.25) is 0 Å². The minimum absolute atomic E-state index is 0.00743. The number of benzene rings is 6. The summed E-state index contributed by atoms with van der Waals surface area (Å²) in [5.41, 5.74) is 20.6. The molecule has 0 saturated heterocycles. The molecule has 0 aromatic heterocycles. The summed E-state index contributed by atoms with van der Waals surface area (Å²) in [7, 11) is 0. The summed E-state index contributed by atoms with van der Waals surface area (Å²) in [6.45, 7) is -0.951. The van der Waals surface area contributed by atoms with E-state index >= 15 is 0 Å². The number of aliphatic carboxylic acids is 4. The van der Waals surface area contributed by atoms with Gasteiger partial charge < -0.3 is 66.4 Å². The van der Waals surface area contributed by atoms with Crippen LogP contribution in [0.1, 0.15) is 94.9 Å². The molecular formula is C59H55N7O16. The fraction of sp³-hybridized carbons (Fsp3) is 0.220. The lowest BCUT2D eigenvalue weighted by Crippen LogP contribution is -2.46. The molecule has 2 aliphatic heterocycles. The van der Waals surface area contributed by atoms with E-state index in [9.17, 15) is 58.8 Å². The summed E-state index contributed by atoms with van der Waals surface area (Å²) in [4.78, 5) is 113. The minimum atomic E-state index is -1.93. The van der Waals surface area contributed by atoms with Gasteiger partial charge in [-0.05, 0) is 125 Å². The lowest BCUT2D eigenvalue weighted by atomic mass is 9.98. The molecule has 0 radical (unpaired) electrons. The largest absolute Gasteiger partial charge is 0.489 e. The van der Waals surface area contributed by atoms with Gasteiger partial charge in [-0.1, -0.05) is 60.7 Å². The molecule has 11 N–H and O–H groups in total. The number of para-hydroxylation sites is 2. The van der Waals surface area contributed by atoms with Gasteiger partial charge in [0.15, 0.2) is 29.0 Å². The number of guanidine groups is 1. The number of aryl methyl sites for hydroxylation is 2. The van der Waals surface area contributed by atoms with Gasteiger partial charge in [0.25, 0.3) is 11.8 Å². The highest BCUT2D eigenvalue weighted by atomic mass is 16.6. The van der Waals surface area contributed by atoms with E-state index in [2.05, 4.69) is 4.99 Å². The van der Waals surface area contributed by atoms with Crippen LogP contribution < -0.4 is 36.1 Å². The van der Waals surface area contributed by atoms with E-state index in [1.54, 1.807) is 72.8 Å². The Morgan fingerprint density at radius 2 is 1.01 bits per heavy atom. The van der Waals surface area contributed by atoms with Crippen LogP contribution in [-0.4, -0.2) is 115 Å². The summed E-state index contributed by atoms with van der Waals surface area (Å²) in [5.74, 6) is -10.8. The summed E-state index contributed by atoms with van der Waals surface area (Å²) in [6, 6.07) is 26.9. The molecule has 0 aliphatic carbocycles. The van der Waals surface area contributed by atoms with E-state index in [4.69, 9.17) is 41.6 Å². The van der Waals surface area contributed by atoms with E-state index in [0.29, 0.717) is 70.3 Å². The van der Waals surface area contributed by atoms with Crippen molar-refractivity contribution in [2.45, 2.75) is 70.1 Å². The molecule has 0 fully saturated rings. The molecule has 23 nitrogen and oxygen atoms in total. The smallest absolute Gasteiger partial charge is 0.343 e. The number of fused-ring (bicyclic) bond motifs is 4. The zero-order valence-electron chi connectivity index (χ0n) is 43.7. The van der Waals surface area contributed by atoms with Crippen LogP contribution in [0.3, 0.4) is 0 Å². The molecule has 2 aliphatic rings. The molecule has 0 bridgehead atoms. The molecule has 0 saturated carbocycles. The molecule has 8 rings (SSSR count). The van der Waals surface area contributed by atoms with Gasteiger partial charge in [0.1, 0.15) is 12.1 Å². The van der Waals surface area contributed by atoms with Crippen molar-refractivity contribution in [1.29, 1.82) is 5.41 Å². The Balaban J connectivity index is 1.10. The third-order valence-corrected chi connectivity index (χ3v) is 13.3. The zero-order chi connectivity index (χ0) is 58.8. The van der Waals surface area contributed by atoms with Gasteiger partial charge in [0, 0.05) is 19.5 Å². The van der Waals surface area contributed by atoms with Gasteiger partial charge in [-0.15, -0.1) is 0 Å². The van der Waals surface area contributed by atoms with Crippen molar-refractivity contribution in [3.05, 3.63) is 171 Å². The van der Waals surface area contributed by atoms with Crippen molar-refractivity contribution in [2.24, 2.45) is 22.2 Å². The SMILES string of the molecule is N=C(N)Cc1ccc2c(c1)CCCOc1c(cccc1C(=O)N(Cc1cccc(-c3cccc(CN(C(=O)c4cccc5c4OCCCc4cc(N=C(N)N)ccc4C(=O)O5)[C@@H](CC(=O)O)C(=O)O)c3)c1)[C@@H](CC(=O)O)C(=O)O)OC2=O. The Morgan fingerprint density at radius 1 is 0.561 bits per heavy atom. The Kier molecular flexibility index (Phi) is 17.9. The van der Waals surface area contributed by atoms with Crippen LogP contribution in [0.5, 0.6) is 23.0 Å². The monoisotopic (exact) mass is 1120 g/mol. The Morgan fingerprint density at radius 3 is 1.45 bits per heavy atom. The number of aliphatic imine (C=N–C) groups is 1. The molecule has 422 valence electrons. The van der Waals surface area contributed by atoms with Gasteiger partial charge in [-0.2, -0.15) is 0 Å². The van der Waals surface area contributed by atoms with Crippen LogP contribution >= 0.6 is 0 Å². The first-order valence-corrected chi connectivity index (χ1v) is 25.6. The van der Waals surface area contributed by atoms with Crippen LogP contribution in [0.25, 0.3) is 11.1 Å². The summed E-state index contributed by atoms with van der Waals surface area (Å²) in [5, 5.41) is 48.5. The fourth-order valence-corrected chi connectivity index (χ4v) is 9.64. The van der Waals surface area contributed by atoms with Crippen LogP contribution in [0.15, 0.2) is 126 Å². The number of carbonyl (C=O) groups excluding carboxylic acids is 4. The summed E-state index contributed by atoms with van der Waals surface area (Å²) >= 11 is 0. The van der Waals surface area contributed by atoms with Gasteiger partial charge in [-0.25, -0.2) is 24.2 Å². The molecule has 23 heteroatoms. The van der Waals surface area contributed by atoms with Gasteiger partial charge in [0.2, 0.25) is 0 Å². The zero-order valence-corrected chi connectivity index (χ0v) is 43.7. The second kappa shape index (κ2) is 25.5. The van der Waals surface area contributed by atoms with Crippen LogP contribution in [0, 0.1) is 5.41 Å². The Labute approximate surface area is 467 Å². The number of carbonyl (C=O) groups is 8. The lowest BCUT2D eigenvalue weighted by molar-refractivity contribution is -0.149. The molecule has 82 heavy (non-hydrogen) atoms. The van der Waals surface area contributed by atoms with Crippen molar-refractivity contribution in [3.63, 3.8) is 0 Å². The lowest BCUT2D eigenvalue weighted by Gasteiger charge is -2.30. The number of nitrogens with zero attached hydrogens (tertiary/aromatic N) is 3. The first kappa shape index (κ1) is 57.6. The van der Waals surface area contributed by atoms with Gasteiger partial charge in [0.05, 0.1) is 59.8 Å². The third-order valence-electron chi connectivity index (χ3n) is 13.3. The summed E-state index contributed by atoms with van der Waals surface area (Å²) < 4.78 is 23.8. The normalized spacial score (nSPS) is 13.6.